The second kappa shape index (κ2) is 12.2. The van der Waals surface area contributed by atoms with E-state index in [9.17, 15) is 14.0 Å². The molecule has 226 valence electrons. The first-order valence-corrected chi connectivity index (χ1v) is 14.4. The van der Waals surface area contributed by atoms with Crippen LogP contribution in [0.25, 0.3) is 11.3 Å². The molecule has 0 aliphatic carbocycles. The molecule has 1 aromatic carbocycles. The maximum atomic E-state index is 14.3. The average molecular weight is 593 g/mol. The monoisotopic (exact) mass is 592 g/mol. The molecule has 3 fully saturated rings. The largest absolute Gasteiger partial charge is 0.483 e. The molecule has 3 saturated heterocycles. The molecule has 0 amide bonds. The smallest absolute Gasteiger partial charge is 0.296 e. The summed E-state index contributed by atoms with van der Waals surface area (Å²) in [6.07, 6.45) is 0.441. The van der Waals surface area contributed by atoms with Gasteiger partial charge in [0, 0.05) is 43.9 Å². The summed E-state index contributed by atoms with van der Waals surface area (Å²) in [5.74, 6) is -1.58. The Morgan fingerprint density at radius 1 is 1.16 bits per heavy atom. The van der Waals surface area contributed by atoms with Gasteiger partial charge in [0.2, 0.25) is 11.8 Å². The minimum atomic E-state index is -3.02. The fourth-order valence-electron chi connectivity index (χ4n) is 5.67. The van der Waals surface area contributed by atoms with Crippen molar-refractivity contribution in [3.63, 3.8) is 0 Å². The summed E-state index contributed by atoms with van der Waals surface area (Å²) in [6, 6.07) is 13.2. The lowest BCUT2D eigenvalue weighted by Gasteiger charge is -2.46. The summed E-state index contributed by atoms with van der Waals surface area (Å²) < 4.78 is 45.2. The van der Waals surface area contributed by atoms with Crippen LogP contribution < -0.4 is 25.0 Å². The van der Waals surface area contributed by atoms with E-state index < -0.39 is 18.6 Å². The van der Waals surface area contributed by atoms with Crippen molar-refractivity contribution in [2.75, 3.05) is 63.3 Å². The van der Waals surface area contributed by atoms with Crippen molar-refractivity contribution in [3.05, 3.63) is 48.2 Å². The molecule has 3 aliphatic rings. The molecule has 0 bridgehead atoms. The lowest BCUT2D eigenvalue weighted by molar-refractivity contribution is -0.109. The third kappa shape index (κ3) is 6.17. The Labute approximate surface area is 248 Å². The first kappa shape index (κ1) is 29.0. The van der Waals surface area contributed by atoms with Crippen LogP contribution in [0.2, 0.25) is 0 Å². The highest BCUT2D eigenvalue weighted by Gasteiger charge is 2.43. The van der Waals surface area contributed by atoms with Gasteiger partial charge in [-0.15, -0.1) is 0 Å². The molecule has 6 rings (SSSR count). The third-order valence-corrected chi connectivity index (χ3v) is 8.11. The van der Waals surface area contributed by atoms with Crippen LogP contribution >= 0.6 is 0 Å². The van der Waals surface area contributed by atoms with E-state index in [-0.39, 0.29) is 23.8 Å². The Morgan fingerprint density at radius 2 is 2.02 bits per heavy atom. The molecule has 3 aliphatic heterocycles. The standard InChI is InChI=1S/C30H34F2N8O3/c1-19-15-39(22-16-42-17-22)11-12-40(19)24-4-6-27(37-28(24)41-2)38-29-35-10-7-23(36-29)20-3-5-25(21(13-20)14-33)43-26-8-9-34-18-30(26,31)32/h3-7,10,13,19,22,26,34H,8-9,11-12,15-18H2,1-2H3,(H,35,36,37,38). The number of benzene rings is 1. The molecule has 2 aromatic heterocycles. The SMILES string of the molecule is COc1nc(Nc2nccc(-c3ccc(OC4CCNCC4(F)F)c(C#N)c3)n2)ccc1N1CCN(C2COC2)CC1C. The molecule has 5 heterocycles. The van der Waals surface area contributed by atoms with Crippen LogP contribution in [-0.4, -0.2) is 97.0 Å². The molecule has 2 N–H and O–H groups in total. The second-order valence-corrected chi connectivity index (χ2v) is 11.0. The highest BCUT2D eigenvalue weighted by molar-refractivity contribution is 5.66. The Hall–Kier alpha value is -4.12. The van der Waals surface area contributed by atoms with Gasteiger partial charge in [0.25, 0.3) is 5.92 Å². The van der Waals surface area contributed by atoms with Gasteiger partial charge in [-0.1, -0.05) is 0 Å². The van der Waals surface area contributed by atoms with Crippen LogP contribution in [0, 0.1) is 11.3 Å². The van der Waals surface area contributed by atoms with Gasteiger partial charge < -0.3 is 29.7 Å². The normalized spacial score (nSPS) is 22.3. The molecule has 2 unspecified atom stereocenters. The van der Waals surface area contributed by atoms with E-state index in [2.05, 4.69) is 48.4 Å². The van der Waals surface area contributed by atoms with Gasteiger partial charge in [-0.25, -0.2) is 18.7 Å². The first-order valence-electron chi connectivity index (χ1n) is 14.4. The van der Waals surface area contributed by atoms with E-state index in [1.807, 2.05) is 12.1 Å². The lowest BCUT2D eigenvalue weighted by atomic mass is 10.0. The van der Waals surface area contributed by atoms with Crippen LogP contribution in [0.15, 0.2) is 42.6 Å². The number of nitrogens with one attached hydrogen (secondary N) is 2. The number of alkyl halides is 2. The number of anilines is 3. The van der Waals surface area contributed by atoms with Gasteiger partial charge in [0.05, 0.1) is 44.2 Å². The number of methoxy groups -OCH3 is 1. The maximum Gasteiger partial charge on any atom is 0.296 e. The topological polar surface area (TPSA) is 121 Å². The van der Waals surface area contributed by atoms with Crippen LogP contribution in [0.1, 0.15) is 18.9 Å². The van der Waals surface area contributed by atoms with E-state index in [1.54, 1.807) is 31.5 Å². The van der Waals surface area contributed by atoms with Crippen molar-refractivity contribution in [1.82, 2.24) is 25.2 Å². The molecule has 0 spiro atoms. The number of hydrogen-bond donors (Lipinski definition) is 2. The molecular formula is C30H34F2N8O3. The molecule has 0 saturated carbocycles. The van der Waals surface area contributed by atoms with Crippen LogP contribution in [-0.2, 0) is 4.74 Å². The van der Waals surface area contributed by atoms with Gasteiger partial charge in [-0.2, -0.15) is 10.2 Å². The Bertz CT molecular complexity index is 1500. The van der Waals surface area contributed by atoms with Crippen LogP contribution in [0.3, 0.4) is 0 Å². The average Bonchev–Trinajstić information content (AvgIpc) is 2.98. The number of nitriles is 1. The van der Waals surface area contributed by atoms with Crippen molar-refractivity contribution in [2.24, 2.45) is 0 Å². The fourth-order valence-corrected chi connectivity index (χ4v) is 5.67. The Kier molecular flexibility index (Phi) is 8.25. The molecular weight excluding hydrogens is 558 g/mol. The zero-order chi connectivity index (χ0) is 30.0. The summed E-state index contributed by atoms with van der Waals surface area (Å²) in [7, 11) is 1.60. The molecule has 2 atom stereocenters. The number of aromatic nitrogens is 3. The van der Waals surface area contributed by atoms with Crippen molar-refractivity contribution < 1.29 is 23.0 Å². The Balaban J connectivity index is 1.16. The first-order chi connectivity index (χ1) is 20.8. The van der Waals surface area contributed by atoms with Gasteiger partial charge >= 0.3 is 0 Å². The Morgan fingerprint density at radius 3 is 2.74 bits per heavy atom. The van der Waals surface area contributed by atoms with Gasteiger partial charge in [0.1, 0.15) is 23.3 Å². The minimum absolute atomic E-state index is 0.120. The number of piperazine rings is 1. The highest BCUT2D eigenvalue weighted by Crippen LogP contribution is 2.34. The van der Waals surface area contributed by atoms with Gasteiger partial charge in [-0.05, 0) is 49.9 Å². The molecule has 3 aromatic rings. The summed E-state index contributed by atoms with van der Waals surface area (Å²) >= 11 is 0. The quantitative estimate of drug-likeness (QED) is 0.400. The molecule has 43 heavy (non-hydrogen) atoms. The molecule has 0 radical (unpaired) electrons. The third-order valence-electron chi connectivity index (χ3n) is 8.11. The number of pyridine rings is 1. The maximum absolute atomic E-state index is 14.3. The van der Waals surface area contributed by atoms with Crippen molar-refractivity contribution >= 4 is 17.5 Å². The van der Waals surface area contributed by atoms with E-state index in [0.29, 0.717) is 41.5 Å². The van der Waals surface area contributed by atoms with E-state index >= 15 is 0 Å². The fraction of sp³-hybridized carbons (Fsp3) is 0.467. The number of rotatable bonds is 8. The zero-order valence-electron chi connectivity index (χ0n) is 24.1. The second-order valence-electron chi connectivity index (χ2n) is 11.0. The van der Waals surface area contributed by atoms with E-state index in [4.69, 9.17) is 14.2 Å². The van der Waals surface area contributed by atoms with E-state index in [1.165, 1.54) is 6.07 Å². The number of hydrogen-bond acceptors (Lipinski definition) is 11. The number of ether oxygens (including phenoxy) is 3. The lowest BCUT2D eigenvalue weighted by Crippen LogP contribution is -2.59. The van der Waals surface area contributed by atoms with Crippen LogP contribution in [0.5, 0.6) is 11.6 Å². The van der Waals surface area contributed by atoms with E-state index in [0.717, 1.165) is 38.5 Å². The van der Waals surface area contributed by atoms with Crippen LogP contribution in [0.4, 0.5) is 26.2 Å². The van der Waals surface area contributed by atoms with Gasteiger partial charge in [-0.3, -0.25) is 4.90 Å². The summed E-state index contributed by atoms with van der Waals surface area (Å²) in [5, 5.41) is 15.5. The number of halogens is 2. The van der Waals surface area contributed by atoms with Gasteiger partial charge in [0.15, 0.2) is 6.10 Å². The van der Waals surface area contributed by atoms with Crippen molar-refractivity contribution in [3.8, 4) is 29.0 Å². The summed E-state index contributed by atoms with van der Waals surface area (Å²) in [5.41, 5.74) is 2.24. The van der Waals surface area contributed by atoms with Crippen molar-refractivity contribution in [1.29, 1.82) is 5.26 Å². The predicted molar refractivity (Wildman–Crippen MR) is 156 cm³/mol. The highest BCUT2D eigenvalue weighted by atomic mass is 19.3. The molecule has 11 nitrogen and oxygen atoms in total. The summed E-state index contributed by atoms with van der Waals surface area (Å²) in [4.78, 5) is 18.4. The predicted octanol–water partition coefficient (Wildman–Crippen LogP) is 3.45. The zero-order valence-corrected chi connectivity index (χ0v) is 24.1. The number of piperidine rings is 1. The minimum Gasteiger partial charge on any atom is -0.483 e. The summed E-state index contributed by atoms with van der Waals surface area (Å²) in [6.45, 7) is 6.55. The number of nitrogens with zero attached hydrogens (tertiary/aromatic N) is 6. The van der Waals surface area contributed by atoms with Crippen molar-refractivity contribution in [2.45, 2.75) is 37.5 Å². The molecule has 13 heteroatoms.